The van der Waals surface area contributed by atoms with Crippen LogP contribution in [0.3, 0.4) is 0 Å². The Hall–Kier alpha value is -2.44. The highest BCUT2D eigenvalue weighted by Gasteiger charge is 2.33. The van der Waals surface area contributed by atoms with Crippen LogP contribution < -0.4 is 5.32 Å². The number of nitro benzene ring substituents is 1. The summed E-state index contributed by atoms with van der Waals surface area (Å²) in [7, 11) is 0. The molecule has 0 radical (unpaired) electrons. The van der Waals surface area contributed by atoms with Gasteiger partial charge in [0.2, 0.25) is 0 Å². The molecular formula is C14H18N2O5. The Morgan fingerprint density at radius 2 is 1.90 bits per heavy atom. The molecule has 0 unspecified atom stereocenters. The molecule has 0 saturated heterocycles. The minimum atomic E-state index is -1.13. The summed E-state index contributed by atoms with van der Waals surface area (Å²) in [5.74, 6) is -1.69. The van der Waals surface area contributed by atoms with Crippen LogP contribution in [0.5, 0.6) is 0 Å². The van der Waals surface area contributed by atoms with Crippen LogP contribution in [0.25, 0.3) is 0 Å². The number of rotatable bonds is 4. The largest absolute Gasteiger partial charge is 0.480 e. The van der Waals surface area contributed by atoms with Crippen molar-refractivity contribution in [2.45, 2.75) is 33.7 Å². The maximum Gasteiger partial charge on any atom is 0.326 e. The van der Waals surface area contributed by atoms with Crippen LogP contribution in [0.15, 0.2) is 18.2 Å². The second kappa shape index (κ2) is 5.90. The van der Waals surface area contributed by atoms with Crippen molar-refractivity contribution in [3.8, 4) is 0 Å². The first-order valence-electron chi connectivity index (χ1n) is 6.32. The Morgan fingerprint density at radius 1 is 1.33 bits per heavy atom. The lowest BCUT2D eigenvalue weighted by Gasteiger charge is -2.27. The van der Waals surface area contributed by atoms with Gasteiger partial charge in [0.05, 0.1) is 4.92 Å². The highest BCUT2D eigenvalue weighted by atomic mass is 16.6. The molecule has 0 heterocycles. The van der Waals surface area contributed by atoms with Crippen molar-refractivity contribution < 1.29 is 19.6 Å². The van der Waals surface area contributed by atoms with Gasteiger partial charge in [0, 0.05) is 17.7 Å². The summed E-state index contributed by atoms with van der Waals surface area (Å²) in [6.45, 7) is 6.67. The Balaban J connectivity index is 3.04. The van der Waals surface area contributed by atoms with E-state index in [0.29, 0.717) is 5.56 Å². The van der Waals surface area contributed by atoms with E-state index in [1.54, 1.807) is 27.7 Å². The topological polar surface area (TPSA) is 110 Å². The molecule has 0 aromatic heterocycles. The van der Waals surface area contributed by atoms with Crippen LogP contribution in [0.2, 0.25) is 0 Å². The van der Waals surface area contributed by atoms with Gasteiger partial charge >= 0.3 is 5.97 Å². The number of carbonyl (C=O) groups excluding carboxylic acids is 1. The lowest BCUT2D eigenvalue weighted by Crippen LogP contribution is -2.49. The molecule has 1 rings (SSSR count). The van der Waals surface area contributed by atoms with Crippen LogP contribution in [0.4, 0.5) is 5.69 Å². The minimum Gasteiger partial charge on any atom is -0.480 e. The number of nitrogens with zero attached hydrogens (tertiary/aromatic N) is 1. The van der Waals surface area contributed by atoms with Gasteiger partial charge in [0.15, 0.2) is 0 Å². The van der Waals surface area contributed by atoms with Gasteiger partial charge in [-0.1, -0.05) is 20.8 Å². The number of nitrogens with one attached hydrogen (secondary N) is 1. The summed E-state index contributed by atoms with van der Waals surface area (Å²) in [5, 5.41) is 22.3. The van der Waals surface area contributed by atoms with Crippen LogP contribution in [0.1, 0.15) is 36.7 Å². The van der Waals surface area contributed by atoms with Gasteiger partial charge < -0.3 is 10.4 Å². The zero-order valence-electron chi connectivity index (χ0n) is 12.3. The van der Waals surface area contributed by atoms with Crippen LogP contribution in [-0.2, 0) is 4.79 Å². The second-order valence-corrected chi connectivity index (χ2v) is 5.87. The number of carbonyl (C=O) groups is 2. The number of nitro groups is 1. The summed E-state index contributed by atoms with van der Waals surface area (Å²) >= 11 is 0. The van der Waals surface area contributed by atoms with Crippen molar-refractivity contribution in [2.75, 3.05) is 0 Å². The van der Waals surface area contributed by atoms with Crippen molar-refractivity contribution in [1.82, 2.24) is 5.32 Å². The third kappa shape index (κ3) is 4.01. The predicted octanol–water partition coefficient (Wildman–Crippen LogP) is 2.13. The molecule has 114 valence electrons. The first kappa shape index (κ1) is 16.6. The molecule has 7 nitrogen and oxygen atoms in total. The van der Waals surface area contributed by atoms with Crippen molar-refractivity contribution in [3.05, 3.63) is 39.4 Å². The number of hydrogen-bond donors (Lipinski definition) is 2. The third-order valence-electron chi connectivity index (χ3n) is 3.05. The average Bonchev–Trinajstić information content (AvgIpc) is 2.33. The summed E-state index contributed by atoms with van der Waals surface area (Å²) in [6.07, 6.45) is 0. The van der Waals surface area contributed by atoms with Gasteiger partial charge in [-0.2, -0.15) is 0 Å². The van der Waals surface area contributed by atoms with E-state index in [9.17, 15) is 24.8 Å². The van der Waals surface area contributed by atoms with Gasteiger partial charge in [-0.25, -0.2) is 4.79 Å². The van der Waals surface area contributed by atoms with Crippen molar-refractivity contribution in [1.29, 1.82) is 0 Å². The van der Waals surface area contributed by atoms with E-state index in [-0.39, 0.29) is 11.3 Å². The number of amides is 1. The van der Waals surface area contributed by atoms with Crippen LogP contribution in [0, 0.1) is 22.5 Å². The third-order valence-corrected chi connectivity index (χ3v) is 3.05. The van der Waals surface area contributed by atoms with Crippen LogP contribution in [-0.4, -0.2) is 27.9 Å². The molecule has 2 N–H and O–H groups in total. The molecule has 0 aliphatic carbocycles. The molecule has 0 aliphatic rings. The first-order valence-corrected chi connectivity index (χ1v) is 6.32. The van der Waals surface area contributed by atoms with Gasteiger partial charge in [0.1, 0.15) is 6.04 Å². The van der Waals surface area contributed by atoms with E-state index < -0.39 is 28.3 Å². The summed E-state index contributed by atoms with van der Waals surface area (Å²) in [5.41, 5.74) is -0.138. The van der Waals surface area contributed by atoms with Crippen LogP contribution >= 0.6 is 0 Å². The molecule has 7 heteroatoms. The zero-order chi connectivity index (χ0) is 16.4. The number of carboxylic acid groups (broad SMARTS) is 1. The van der Waals surface area contributed by atoms with Crippen molar-refractivity contribution in [3.63, 3.8) is 0 Å². The number of hydrogen-bond acceptors (Lipinski definition) is 4. The number of aryl methyl sites for hydroxylation is 1. The Bertz CT molecular complexity index is 590. The van der Waals surface area contributed by atoms with Gasteiger partial charge in [0.25, 0.3) is 11.6 Å². The molecule has 0 spiro atoms. The molecule has 1 aromatic rings. The molecule has 0 saturated carbocycles. The summed E-state index contributed by atoms with van der Waals surface area (Å²) in [4.78, 5) is 33.5. The van der Waals surface area contributed by atoms with E-state index in [2.05, 4.69) is 5.32 Å². The smallest absolute Gasteiger partial charge is 0.326 e. The van der Waals surface area contributed by atoms with Gasteiger partial charge in [-0.05, 0) is 24.0 Å². The zero-order valence-corrected chi connectivity index (χ0v) is 12.3. The molecule has 1 atom stereocenters. The SMILES string of the molecule is Cc1cc([N+](=O)[O-])ccc1C(=O)N[C@H](C(=O)O)C(C)(C)C. The maximum atomic E-state index is 12.2. The number of carboxylic acids is 1. The molecular weight excluding hydrogens is 276 g/mol. The fraction of sp³-hybridized carbons (Fsp3) is 0.429. The highest BCUT2D eigenvalue weighted by Crippen LogP contribution is 2.21. The average molecular weight is 294 g/mol. The van der Waals surface area contributed by atoms with Crippen molar-refractivity contribution >= 4 is 17.6 Å². The quantitative estimate of drug-likeness (QED) is 0.653. The van der Waals surface area contributed by atoms with E-state index in [1.807, 2.05) is 0 Å². The number of aliphatic carboxylic acids is 1. The predicted molar refractivity (Wildman–Crippen MR) is 76.2 cm³/mol. The summed E-state index contributed by atoms with van der Waals surface area (Å²) in [6, 6.07) is 2.76. The molecule has 0 fully saturated rings. The molecule has 1 aromatic carbocycles. The van der Waals surface area contributed by atoms with E-state index in [4.69, 9.17) is 0 Å². The molecule has 0 aliphatic heterocycles. The maximum absolute atomic E-state index is 12.2. The Morgan fingerprint density at radius 3 is 2.29 bits per heavy atom. The van der Waals surface area contributed by atoms with Gasteiger partial charge in [-0.15, -0.1) is 0 Å². The fourth-order valence-electron chi connectivity index (χ4n) is 1.87. The minimum absolute atomic E-state index is 0.116. The van der Waals surface area contributed by atoms with Gasteiger partial charge in [-0.3, -0.25) is 14.9 Å². The Kier molecular flexibility index (Phi) is 4.67. The molecule has 21 heavy (non-hydrogen) atoms. The fourth-order valence-corrected chi connectivity index (χ4v) is 1.87. The van der Waals surface area contributed by atoms with E-state index >= 15 is 0 Å². The normalized spacial score (nSPS) is 12.6. The second-order valence-electron chi connectivity index (χ2n) is 5.87. The molecule has 0 bridgehead atoms. The molecule has 1 amide bonds. The van der Waals surface area contributed by atoms with Crippen molar-refractivity contribution in [2.24, 2.45) is 5.41 Å². The Labute approximate surface area is 122 Å². The lowest BCUT2D eigenvalue weighted by molar-refractivity contribution is -0.384. The summed E-state index contributed by atoms with van der Waals surface area (Å²) < 4.78 is 0. The monoisotopic (exact) mass is 294 g/mol. The standard InChI is InChI=1S/C14H18N2O5/c1-8-7-9(16(20)21)5-6-10(8)12(17)15-11(13(18)19)14(2,3)4/h5-7,11H,1-4H3,(H,15,17)(H,18,19)/t11-/m1/s1. The highest BCUT2D eigenvalue weighted by molar-refractivity contribution is 5.98. The first-order chi connectivity index (χ1) is 9.54. The lowest BCUT2D eigenvalue weighted by atomic mass is 9.86. The van der Waals surface area contributed by atoms with E-state index in [0.717, 1.165) is 0 Å². The number of non-ortho nitro benzene ring substituents is 1. The number of benzene rings is 1. The van der Waals surface area contributed by atoms with E-state index in [1.165, 1.54) is 18.2 Å².